The number of benzene rings is 1. The van der Waals surface area contributed by atoms with Gasteiger partial charge in [0.1, 0.15) is 11.9 Å². The van der Waals surface area contributed by atoms with Gasteiger partial charge in [0.05, 0.1) is 25.2 Å². The zero-order valence-corrected chi connectivity index (χ0v) is 23.2. The van der Waals surface area contributed by atoms with Gasteiger partial charge in [-0.3, -0.25) is 9.36 Å². The number of rotatable bonds is 12. The predicted octanol–water partition coefficient (Wildman–Crippen LogP) is 4.80. The Balaban J connectivity index is 1.79. The van der Waals surface area contributed by atoms with Crippen LogP contribution in [0.2, 0.25) is 0 Å². The van der Waals surface area contributed by atoms with Crippen molar-refractivity contribution in [3.05, 3.63) is 58.6 Å². The molecule has 10 nitrogen and oxygen atoms in total. The van der Waals surface area contributed by atoms with Gasteiger partial charge in [-0.2, -0.15) is 10.2 Å². The van der Waals surface area contributed by atoms with Gasteiger partial charge >= 0.3 is 5.69 Å². The van der Waals surface area contributed by atoms with E-state index in [9.17, 15) is 9.59 Å². The molecule has 2 heterocycles. The number of halogens is 1. The topological polar surface area (TPSA) is 119 Å². The molecule has 1 aliphatic heterocycles. The summed E-state index contributed by atoms with van der Waals surface area (Å²) in [6, 6.07) is 12.1. The monoisotopic (exact) mass is 547 g/mol. The molecule has 0 radical (unpaired) electrons. The number of carbonyl (C=O) groups is 1. The number of anilines is 1. The van der Waals surface area contributed by atoms with Crippen LogP contribution in [0.4, 0.5) is 10.2 Å². The standard InChI is InChI=1S/C26H35FN5O5P/c1-6-20-23(37-38(35-16-10-14-28)32(17(2)3)18(4)5)22(27)25(36-20)31-15-13-21(30-26(31)34)29-24(33)19-11-8-7-9-12-19/h7-9,11-13,15,17-18,20,22-23,25H,6,10,16H2,1-5H3,(H,29,30,33,34)/t20-,22-,23-,25-,38?/m1/s1. The quantitative estimate of drug-likeness (QED) is 0.297. The summed E-state index contributed by atoms with van der Waals surface area (Å²) in [7, 11) is -1.71. The van der Waals surface area contributed by atoms with Crippen molar-refractivity contribution >= 4 is 20.3 Å². The van der Waals surface area contributed by atoms with Crippen molar-refractivity contribution in [1.29, 1.82) is 5.26 Å². The molecule has 0 bridgehead atoms. The van der Waals surface area contributed by atoms with Crippen LogP contribution < -0.4 is 11.0 Å². The van der Waals surface area contributed by atoms with E-state index in [4.69, 9.17) is 19.0 Å². The van der Waals surface area contributed by atoms with Crippen LogP contribution in [0.15, 0.2) is 47.4 Å². The molecule has 1 amide bonds. The smallest absolute Gasteiger partial charge is 0.349 e. The fraction of sp³-hybridized carbons (Fsp3) is 0.538. The van der Waals surface area contributed by atoms with Crippen LogP contribution in [0.25, 0.3) is 0 Å². The van der Waals surface area contributed by atoms with E-state index in [1.165, 1.54) is 12.3 Å². The number of aromatic nitrogens is 2. The van der Waals surface area contributed by atoms with Crippen molar-refractivity contribution in [2.75, 3.05) is 11.9 Å². The van der Waals surface area contributed by atoms with Crippen LogP contribution in [0.1, 0.15) is 64.0 Å². The zero-order chi connectivity index (χ0) is 27.8. The molecule has 1 N–H and O–H groups in total. The Kier molecular flexibility index (Phi) is 10.9. The molecule has 1 aromatic heterocycles. The summed E-state index contributed by atoms with van der Waals surface area (Å²) in [6.07, 6.45) is -2.60. The van der Waals surface area contributed by atoms with E-state index < -0.39 is 44.7 Å². The number of ether oxygens (including phenoxy) is 1. The Morgan fingerprint density at radius 3 is 2.53 bits per heavy atom. The summed E-state index contributed by atoms with van der Waals surface area (Å²) in [5.74, 6) is -0.368. The van der Waals surface area contributed by atoms with Crippen molar-refractivity contribution < 1.29 is 23.0 Å². The molecule has 5 atom stereocenters. The molecular weight excluding hydrogens is 512 g/mol. The maximum Gasteiger partial charge on any atom is 0.351 e. The van der Waals surface area contributed by atoms with Gasteiger partial charge < -0.3 is 19.1 Å². The van der Waals surface area contributed by atoms with E-state index in [-0.39, 0.29) is 30.9 Å². The molecule has 12 heteroatoms. The van der Waals surface area contributed by atoms with Gasteiger partial charge in [0, 0.05) is 23.8 Å². The van der Waals surface area contributed by atoms with Crippen LogP contribution in [0.3, 0.4) is 0 Å². The van der Waals surface area contributed by atoms with E-state index in [0.29, 0.717) is 12.0 Å². The lowest BCUT2D eigenvalue weighted by atomic mass is 10.1. The molecule has 206 valence electrons. The van der Waals surface area contributed by atoms with E-state index in [2.05, 4.69) is 10.3 Å². The Morgan fingerprint density at radius 1 is 1.26 bits per heavy atom. The third kappa shape index (κ3) is 7.22. The third-order valence-corrected chi connectivity index (χ3v) is 8.05. The second-order valence-corrected chi connectivity index (χ2v) is 10.8. The molecule has 0 saturated carbocycles. The maximum absolute atomic E-state index is 15.9. The lowest BCUT2D eigenvalue weighted by Gasteiger charge is -2.37. The van der Waals surface area contributed by atoms with Crippen LogP contribution >= 0.6 is 8.53 Å². The number of hydrogen-bond acceptors (Lipinski definition) is 8. The van der Waals surface area contributed by atoms with E-state index in [1.807, 2.05) is 45.4 Å². The molecule has 38 heavy (non-hydrogen) atoms. The first-order valence-electron chi connectivity index (χ1n) is 12.7. The molecule has 3 rings (SSSR count). The minimum Gasteiger partial charge on any atom is -0.349 e. The molecule has 1 saturated heterocycles. The first-order valence-corrected chi connectivity index (χ1v) is 13.8. The Bertz CT molecular complexity index is 1150. The van der Waals surface area contributed by atoms with E-state index in [0.717, 1.165) is 4.57 Å². The van der Waals surface area contributed by atoms with Crippen LogP contribution in [0, 0.1) is 11.3 Å². The second-order valence-electron chi connectivity index (χ2n) is 9.36. The number of nitrogens with zero attached hydrogens (tertiary/aromatic N) is 4. The largest absolute Gasteiger partial charge is 0.351 e. The van der Waals surface area contributed by atoms with Crippen molar-refractivity contribution in [3.8, 4) is 6.07 Å². The maximum atomic E-state index is 15.9. The molecule has 1 aliphatic rings. The zero-order valence-electron chi connectivity index (χ0n) is 22.3. The van der Waals surface area contributed by atoms with Gasteiger partial charge in [-0.1, -0.05) is 25.1 Å². The van der Waals surface area contributed by atoms with Gasteiger partial charge in [0.15, 0.2) is 12.4 Å². The SMILES string of the molecule is CC[C@H]1O[C@@H](n2ccc(NC(=O)c3ccccc3)nc2=O)[C@H](F)[C@@H]1OP(OCCC#N)N(C(C)C)C(C)C. The number of nitriles is 1. The Hall–Kier alpha value is -2.74. The first kappa shape index (κ1) is 29.8. The van der Waals surface area contributed by atoms with Crippen molar-refractivity contribution in [2.45, 2.75) is 84.2 Å². The second kappa shape index (κ2) is 13.9. The molecular formula is C26H35FN5O5P. The first-order chi connectivity index (χ1) is 18.2. The highest BCUT2D eigenvalue weighted by Gasteiger charge is 2.49. The van der Waals surface area contributed by atoms with Crippen molar-refractivity contribution in [2.24, 2.45) is 0 Å². The summed E-state index contributed by atoms with van der Waals surface area (Å²) in [5, 5.41) is 11.5. The minimum absolute atomic E-state index is 0.0462. The normalized spacial score (nSPS) is 22.1. The van der Waals surface area contributed by atoms with Gasteiger partial charge in [0.2, 0.25) is 0 Å². The average Bonchev–Trinajstić information content (AvgIpc) is 3.19. The number of alkyl halides is 1. The Morgan fingerprint density at radius 2 is 1.95 bits per heavy atom. The highest BCUT2D eigenvalue weighted by Crippen LogP contribution is 2.50. The minimum atomic E-state index is -1.71. The van der Waals surface area contributed by atoms with Gasteiger partial charge in [-0.15, -0.1) is 0 Å². The summed E-state index contributed by atoms with van der Waals surface area (Å²) in [6.45, 7) is 9.98. The molecule has 2 aromatic rings. The highest BCUT2D eigenvalue weighted by atomic mass is 31.2. The summed E-state index contributed by atoms with van der Waals surface area (Å²) in [4.78, 5) is 29.1. The average molecular weight is 548 g/mol. The number of carbonyl (C=O) groups excluding carboxylic acids is 1. The number of hydrogen-bond donors (Lipinski definition) is 1. The molecule has 0 aliphatic carbocycles. The lowest BCUT2D eigenvalue weighted by molar-refractivity contribution is -0.0272. The van der Waals surface area contributed by atoms with E-state index >= 15 is 4.39 Å². The third-order valence-electron chi connectivity index (χ3n) is 5.93. The summed E-state index contributed by atoms with van der Waals surface area (Å²) < 4.78 is 37.1. The molecule has 1 unspecified atom stereocenters. The van der Waals surface area contributed by atoms with Gasteiger partial charge in [-0.25, -0.2) is 13.9 Å². The Labute approximate surface area is 223 Å². The summed E-state index contributed by atoms with van der Waals surface area (Å²) in [5.41, 5.74) is -0.352. The van der Waals surface area contributed by atoms with Crippen molar-refractivity contribution in [1.82, 2.24) is 14.2 Å². The van der Waals surface area contributed by atoms with Crippen LogP contribution in [0.5, 0.6) is 0 Å². The fourth-order valence-corrected chi connectivity index (χ4v) is 5.99. The highest BCUT2D eigenvalue weighted by molar-refractivity contribution is 7.44. The number of nitrogens with one attached hydrogen (secondary N) is 1. The van der Waals surface area contributed by atoms with Crippen LogP contribution in [-0.2, 0) is 13.8 Å². The van der Waals surface area contributed by atoms with Gasteiger partial charge in [0.25, 0.3) is 14.4 Å². The molecule has 1 aromatic carbocycles. The fourth-order valence-electron chi connectivity index (χ4n) is 4.22. The molecule has 1 fully saturated rings. The predicted molar refractivity (Wildman–Crippen MR) is 142 cm³/mol. The van der Waals surface area contributed by atoms with Gasteiger partial charge in [-0.05, 0) is 52.3 Å². The van der Waals surface area contributed by atoms with Crippen LogP contribution in [-0.4, -0.2) is 57.2 Å². The number of amides is 1. The lowest BCUT2D eigenvalue weighted by Crippen LogP contribution is -2.38. The van der Waals surface area contributed by atoms with Crippen molar-refractivity contribution in [3.63, 3.8) is 0 Å². The molecule has 0 spiro atoms. The van der Waals surface area contributed by atoms with E-state index in [1.54, 1.807) is 30.3 Å². The summed E-state index contributed by atoms with van der Waals surface area (Å²) >= 11 is 0.